The lowest BCUT2D eigenvalue weighted by Gasteiger charge is -2.17. The summed E-state index contributed by atoms with van der Waals surface area (Å²) in [5.74, 6) is 0.188. The normalized spacial score (nSPS) is 10.8. The molecular formula is C20H15N3O2S. The first-order chi connectivity index (χ1) is 12.7. The highest BCUT2D eigenvalue weighted by atomic mass is 32.1. The largest absolute Gasteiger partial charge is 0.330 e. The van der Waals surface area contributed by atoms with Crippen LogP contribution in [0.1, 0.15) is 9.67 Å². The van der Waals surface area contributed by atoms with Gasteiger partial charge in [0.1, 0.15) is 5.82 Å². The Morgan fingerprint density at radius 2 is 1.88 bits per heavy atom. The van der Waals surface area contributed by atoms with Gasteiger partial charge in [-0.05, 0) is 35.7 Å². The number of benzene rings is 1. The lowest BCUT2D eigenvalue weighted by molar-refractivity contribution is 0.103. The first kappa shape index (κ1) is 16.2. The fourth-order valence-corrected chi connectivity index (χ4v) is 3.58. The SMILES string of the molecule is Cn1c(NC(=O)c2cccs2)c(-c2ccccn2)c(=O)c2ccccc21. The Bertz CT molecular complexity index is 1150. The van der Waals surface area contributed by atoms with Crippen molar-refractivity contribution in [2.45, 2.75) is 0 Å². The predicted molar refractivity (Wildman–Crippen MR) is 105 cm³/mol. The highest BCUT2D eigenvalue weighted by Crippen LogP contribution is 2.27. The molecule has 1 aromatic carbocycles. The average molecular weight is 361 g/mol. The van der Waals surface area contributed by atoms with E-state index >= 15 is 0 Å². The van der Waals surface area contributed by atoms with Gasteiger partial charge in [0.15, 0.2) is 0 Å². The number of nitrogens with one attached hydrogen (secondary N) is 1. The number of anilines is 1. The zero-order valence-corrected chi connectivity index (χ0v) is 14.8. The van der Waals surface area contributed by atoms with Crippen LogP contribution < -0.4 is 10.7 Å². The molecule has 0 saturated heterocycles. The fourth-order valence-electron chi connectivity index (χ4n) is 2.96. The van der Waals surface area contributed by atoms with E-state index in [1.807, 2.05) is 47.3 Å². The maximum absolute atomic E-state index is 13.2. The number of aryl methyl sites for hydroxylation is 1. The highest BCUT2D eigenvalue weighted by Gasteiger charge is 2.20. The Labute approximate surface area is 153 Å². The van der Waals surface area contributed by atoms with Crippen LogP contribution in [0.2, 0.25) is 0 Å². The predicted octanol–water partition coefficient (Wildman–Crippen LogP) is 3.91. The zero-order valence-electron chi connectivity index (χ0n) is 14.0. The second-order valence-corrected chi connectivity index (χ2v) is 6.72. The maximum atomic E-state index is 13.2. The van der Waals surface area contributed by atoms with Gasteiger partial charge in [0, 0.05) is 18.6 Å². The number of para-hydroxylation sites is 1. The summed E-state index contributed by atoms with van der Waals surface area (Å²) in [7, 11) is 1.83. The van der Waals surface area contributed by atoms with Crippen molar-refractivity contribution in [2.75, 3.05) is 5.32 Å². The molecule has 3 aromatic heterocycles. The van der Waals surface area contributed by atoms with Crippen molar-refractivity contribution in [2.24, 2.45) is 7.05 Å². The summed E-state index contributed by atoms with van der Waals surface area (Å²) in [5, 5.41) is 5.34. The third-order valence-electron chi connectivity index (χ3n) is 4.21. The molecule has 0 bridgehead atoms. The number of aromatic nitrogens is 2. The van der Waals surface area contributed by atoms with Crippen LogP contribution in [0, 0.1) is 0 Å². The van der Waals surface area contributed by atoms with Gasteiger partial charge in [-0.2, -0.15) is 0 Å². The molecule has 4 aromatic rings. The molecule has 0 radical (unpaired) electrons. The van der Waals surface area contributed by atoms with Gasteiger partial charge in [-0.15, -0.1) is 11.3 Å². The van der Waals surface area contributed by atoms with Crippen molar-refractivity contribution in [1.29, 1.82) is 0 Å². The van der Waals surface area contributed by atoms with Gasteiger partial charge in [-0.25, -0.2) is 0 Å². The minimum Gasteiger partial charge on any atom is -0.330 e. The van der Waals surface area contributed by atoms with Gasteiger partial charge < -0.3 is 9.88 Å². The monoisotopic (exact) mass is 361 g/mol. The minimum atomic E-state index is -0.248. The van der Waals surface area contributed by atoms with E-state index in [1.165, 1.54) is 11.3 Å². The van der Waals surface area contributed by atoms with Gasteiger partial charge >= 0.3 is 0 Å². The molecule has 6 heteroatoms. The van der Waals surface area contributed by atoms with Crippen LogP contribution in [-0.2, 0) is 7.05 Å². The van der Waals surface area contributed by atoms with Crippen LogP contribution in [0.3, 0.4) is 0 Å². The molecule has 0 unspecified atom stereocenters. The Morgan fingerprint density at radius 3 is 2.62 bits per heavy atom. The van der Waals surface area contributed by atoms with Crippen LogP contribution in [-0.4, -0.2) is 15.5 Å². The topological polar surface area (TPSA) is 64.0 Å². The van der Waals surface area contributed by atoms with E-state index in [4.69, 9.17) is 0 Å². The molecule has 0 aliphatic heterocycles. The quantitative estimate of drug-likeness (QED) is 0.602. The van der Waals surface area contributed by atoms with Crippen LogP contribution in [0.4, 0.5) is 5.82 Å². The average Bonchev–Trinajstić information content (AvgIpc) is 3.22. The van der Waals surface area contributed by atoms with Gasteiger partial charge in [-0.3, -0.25) is 14.6 Å². The number of pyridine rings is 2. The van der Waals surface area contributed by atoms with Crippen LogP contribution in [0.25, 0.3) is 22.2 Å². The summed E-state index contributed by atoms with van der Waals surface area (Å²) >= 11 is 1.35. The van der Waals surface area contributed by atoms with Crippen molar-refractivity contribution in [3.63, 3.8) is 0 Å². The van der Waals surface area contributed by atoms with Gasteiger partial charge in [0.2, 0.25) is 5.43 Å². The number of rotatable bonds is 3. The van der Waals surface area contributed by atoms with Crippen molar-refractivity contribution in [3.05, 3.63) is 81.3 Å². The van der Waals surface area contributed by atoms with E-state index in [0.29, 0.717) is 27.3 Å². The number of carbonyl (C=O) groups is 1. The summed E-state index contributed by atoms with van der Waals surface area (Å²) in [6.45, 7) is 0. The maximum Gasteiger partial charge on any atom is 0.266 e. The second kappa shape index (κ2) is 6.57. The van der Waals surface area contributed by atoms with Crippen molar-refractivity contribution < 1.29 is 4.79 Å². The molecule has 0 atom stereocenters. The molecule has 1 N–H and O–H groups in total. The number of hydrogen-bond acceptors (Lipinski definition) is 4. The summed E-state index contributed by atoms with van der Waals surface area (Å²) in [4.78, 5) is 30.7. The Hall–Kier alpha value is -3.25. The van der Waals surface area contributed by atoms with Crippen molar-refractivity contribution >= 4 is 34.0 Å². The molecule has 5 nitrogen and oxygen atoms in total. The molecule has 0 aliphatic carbocycles. The molecule has 0 spiro atoms. The lowest BCUT2D eigenvalue weighted by Crippen LogP contribution is -2.21. The van der Waals surface area contributed by atoms with Crippen LogP contribution in [0.5, 0.6) is 0 Å². The van der Waals surface area contributed by atoms with E-state index in [1.54, 1.807) is 30.5 Å². The number of hydrogen-bond donors (Lipinski definition) is 1. The van der Waals surface area contributed by atoms with Gasteiger partial charge in [-0.1, -0.05) is 24.3 Å². The highest BCUT2D eigenvalue weighted by molar-refractivity contribution is 7.12. The Morgan fingerprint density at radius 1 is 1.08 bits per heavy atom. The molecule has 4 rings (SSSR count). The van der Waals surface area contributed by atoms with Crippen LogP contribution >= 0.6 is 11.3 Å². The molecule has 0 fully saturated rings. The minimum absolute atomic E-state index is 0.154. The lowest BCUT2D eigenvalue weighted by atomic mass is 10.1. The number of carbonyl (C=O) groups excluding carboxylic acids is 1. The smallest absolute Gasteiger partial charge is 0.266 e. The summed E-state index contributed by atoms with van der Waals surface area (Å²) in [6.07, 6.45) is 1.63. The second-order valence-electron chi connectivity index (χ2n) is 5.78. The molecule has 128 valence electrons. The zero-order chi connectivity index (χ0) is 18.1. The van der Waals surface area contributed by atoms with E-state index in [0.717, 1.165) is 5.52 Å². The van der Waals surface area contributed by atoms with E-state index < -0.39 is 0 Å². The summed E-state index contributed by atoms with van der Waals surface area (Å²) in [6, 6.07) is 16.3. The van der Waals surface area contributed by atoms with E-state index in [-0.39, 0.29) is 11.3 Å². The molecule has 3 heterocycles. The number of fused-ring (bicyclic) bond motifs is 1. The van der Waals surface area contributed by atoms with Gasteiger partial charge in [0.05, 0.1) is 21.7 Å². The Balaban J connectivity index is 1.99. The first-order valence-electron chi connectivity index (χ1n) is 8.05. The first-order valence-corrected chi connectivity index (χ1v) is 8.93. The van der Waals surface area contributed by atoms with Gasteiger partial charge in [0.25, 0.3) is 5.91 Å². The standard InChI is InChI=1S/C20H15N3O2S/c1-23-15-9-3-2-7-13(15)18(24)17(14-8-4-5-11-21-14)19(23)22-20(25)16-10-6-12-26-16/h2-12H,1H3,(H,22,25). The molecule has 1 amide bonds. The van der Waals surface area contributed by atoms with Crippen molar-refractivity contribution in [1.82, 2.24) is 9.55 Å². The molecule has 0 saturated carbocycles. The third kappa shape index (κ3) is 2.70. The number of nitrogens with zero attached hydrogens (tertiary/aromatic N) is 2. The molecule has 0 aliphatic rings. The molecule has 26 heavy (non-hydrogen) atoms. The molecular weight excluding hydrogens is 346 g/mol. The fraction of sp³-hybridized carbons (Fsp3) is 0.0500. The van der Waals surface area contributed by atoms with E-state index in [9.17, 15) is 9.59 Å². The van der Waals surface area contributed by atoms with Crippen LogP contribution in [0.15, 0.2) is 71.0 Å². The third-order valence-corrected chi connectivity index (χ3v) is 5.08. The number of thiophene rings is 1. The summed E-state index contributed by atoms with van der Waals surface area (Å²) < 4.78 is 1.83. The Kier molecular flexibility index (Phi) is 4.10. The van der Waals surface area contributed by atoms with Crippen molar-refractivity contribution in [3.8, 4) is 11.3 Å². The summed E-state index contributed by atoms with van der Waals surface area (Å²) in [5.41, 5.74) is 1.51. The number of amides is 1. The van der Waals surface area contributed by atoms with E-state index in [2.05, 4.69) is 10.3 Å².